The first kappa shape index (κ1) is 15.4. The van der Waals surface area contributed by atoms with Crippen molar-refractivity contribution in [3.63, 3.8) is 0 Å². The Bertz CT molecular complexity index is 586. The average Bonchev–Trinajstić information content (AvgIpc) is 2.51. The molecule has 1 N–H and O–H groups in total. The largest absolute Gasteiger partial charge is 0.337 e. The molecule has 2 rings (SSSR count). The summed E-state index contributed by atoms with van der Waals surface area (Å²) in [7, 11) is 0. The van der Waals surface area contributed by atoms with Crippen LogP contribution in [0.5, 0.6) is 0 Å². The number of nitrogens with zero attached hydrogens (tertiary/aromatic N) is 1. The second-order valence-corrected chi connectivity index (χ2v) is 5.06. The number of anilines is 1. The van der Waals surface area contributed by atoms with Gasteiger partial charge in [0.1, 0.15) is 0 Å². The van der Waals surface area contributed by atoms with Crippen molar-refractivity contribution in [2.45, 2.75) is 13.3 Å². The molecule has 21 heavy (non-hydrogen) atoms. The molecule has 0 fully saturated rings. The van der Waals surface area contributed by atoms with Gasteiger partial charge in [-0.05, 0) is 37.1 Å². The van der Waals surface area contributed by atoms with Gasteiger partial charge in [-0.1, -0.05) is 48.0 Å². The van der Waals surface area contributed by atoms with Crippen molar-refractivity contribution in [3.8, 4) is 0 Å². The van der Waals surface area contributed by atoms with Crippen molar-refractivity contribution in [1.82, 2.24) is 5.32 Å². The summed E-state index contributed by atoms with van der Waals surface area (Å²) in [5, 5.41) is 3.67. The molecular weight excluding hydrogens is 284 g/mol. The molecule has 0 radical (unpaired) electrons. The number of carbonyl (C=O) groups excluding carboxylic acids is 1. The molecule has 0 unspecified atom stereocenters. The molecule has 0 aromatic heterocycles. The number of amides is 2. The minimum atomic E-state index is -0.0873. The minimum Gasteiger partial charge on any atom is -0.337 e. The van der Waals surface area contributed by atoms with Crippen molar-refractivity contribution in [2.75, 3.05) is 18.0 Å². The van der Waals surface area contributed by atoms with E-state index in [0.717, 1.165) is 22.7 Å². The third-order valence-corrected chi connectivity index (χ3v) is 3.63. The van der Waals surface area contributed by atoms with Crippen molar-refractivity contribution < 1.29 is 4.79 Å². The van der Waals surface area contributed by atoms with Crippen molar-refractivity contribution in [2.24, 2.45) is 0 Å². The Balaban J connectivity index is 1.90. The summed E-state index contributed by atoms with van der Waals surface area (Å²) in [6.45, 7) is 3.15. The smallest absolute Gasteiger partial charge is 0.321 e. The third-order valence-electron chi connectivity index (χ3n) is 3.26. The Kier molecular flexibility index (Phi) is 5.64. The maximum atomic E-state index is 12.2. The van der Waals surface area contributed by atoms with E-state index < -0.39 is 0 Å². The first-order valence-corrected chi connectivity index (χ1v) is 7.44. The van der Waals surface area contributed by atoms with E-state index in [1.165, 1.54) is 0 Å². The number of benzene rings is 2. The van der Waals surface area contributed by atoms with Gasteiger partial charge in [-0.15, -0.1) is 0 Å². The molecule has 0 heterocycles. The highest BCUT2D eigenvalue weighted by Crippen LogP contribution is 2.15. The van der Waals surface area contributed by atoms with E-state index in [1.807, 2.05) is 61.5 Å². The predicted molar refractivity (Wildman–Crippen MR) is 88.0 cm³/mol. The van der Waals surface area contributed by atoms with E-state index in [-0.39, 0.29) is 6.03 Å². The van der Waals surface area contributed by atoms with Crippen LogP contribution in [-0.2, 0) is 6.42 Å². The Morgan fingerprint density at radius 1 is 1.10 bits per heavy atom. The molecule has 2 aromatic rings. The molecule has 2 aromatic carbocycles. The molecule has 4 heteroatoms. The van der Waals surface area contributed by atoms with Crippen molar-refractivity contribution in [3.05, 3.63) is 65.2 Å². The van der Waals surface area contributed by atoms with Gasteiger partial charge in [-0.3, -0.25) is 4.90 Å². The number of nitrogens with one attached hydrogen (secondary N) is 1. The van der Waals surface area contributed by atoms with Crippen molar-refractivity contribution >= 4 is 23.3 Å². The highest BCUT2D eigenvalue weighted by atomic mass is 35.5. The fraction of sp³-hybridized carbons (Fsp3) is 0.235. The summed E-state index contributed by atoms with van der Waals surface area (Å²) >= 11 is 6.10. The molecule has 0 aliphatic rings. The lowest BCUT2D eigenvalue weighted by molar-refractivity contribution is 0.246. The summed E-state index contributed by atoms with van der Waals surface area (Å²) in [5.74, 6) is 0. The fourth-order valence-electron chi connectivity index (χ4n) is 2.15. The van der Waals surface area contributed by atoms with Gasteiger partial charge in [-0.2, -0.15) is 0 Å². The van der Waals surface area contributed by atoms with Gasteiger partial charge < -0.3 is 5.32 Å². The monoisotopic (exact) mass is 302 g/mol. The van der Waals surface area contributed by atoms with Crippen LogP contribution in [-0.4, -0.2) is 19.1 Å². The Morgan fingerprint density at radius 2 is 1.76 bits per heavy atom. The average molecular weight is 303 g/mol. The van der Waals surface area contributed by atoms with E-state index in [4.69, 9.17) is 11.6 Å². The zero-order valence-corrected chi connectivity index (χ0v) is 12.8. The van der Waals surface area contributed by atoms with Crippen LogP contribution in [0.25, 0.3) is 0 Å². The number of carbonyl (C=O) groups is 1. The number of para-hydroxylation sites is 1. The molecule has 0 saturated carbocycles. The molecule has 2 amide bonds. The SMILES string of the molecule is CCN(C(=O)NCCc1ccccc1Cl)c1ccccc1. The summed E-state index contributed by atoms with van der Waals surface area (Å²) in [4.78, 5) is 13.9. The molecule has 0 spiro atoms. The van der Waals surface area contributed by atoms with Crippen LogP contribution >= 0.6 is 11.6 Å². The molecule has 0 saturated heterocycles. The Morgan fingerprint density at radius 3 is 2.43 bits per heavy atom. The molecule has 110 valence electrons. The van der Waals surface area contributed by atoms with Gasteiger partial charge in [0.15, 0.2) is 0 Å². The predicted octanol–water partition coefficient (Wildman–Crippen LogP) is 4.12. The van der Waals surface area contributed by atoms with E-state index in [2.05, 4.69) is 5.32 Å². The van der Waals surface area contributed by atoms with E-state index in [0.29, 0.717) is 13.1 Å². The van der Waals surface area contributed by atoms with Gasteiger partial charge in [0.25, 0.3) is 0 Å². The zero-order valence-electron chi connectivity index (χ0n) is 12.1. The molecular formula is C17H19ClN2O. The first-order valence-electron chi connectivity index (χ1n) is 7.06. The van der Waals surface area contributed by atoms with Crippen LogP contribution in [0.2, 0.25) is 5.02 Å². The maximum absolute atomic E-state index is 12.2. The molecule has 3 nitrogen and oxygen atoms in total. The number of hydrogen-bond donors (Lipinski definition) is 1. The Labute approximate surface area is 130 Å². The fourth-order valence-corrected chi connectivity index (χ4v) is 2.38. The molecule has 0 aliphatic heterocycles. The normalized spacial score (nSPS) is 10.2. The summed E-state index contributed by atoms with van der Waals surface area (Å²) in [6, 6.07) is 17.2. The highest BCUT2D eigenvalue weighted by molar-refractivity contribution is 6.31. The van der Waals surface area contributed by atoms with E-state index in [1.54, 1.807) is 4.90 Å². The van der Waals surface area contributed by atoms with Gasteiger partial charge in [0.05, 0.1) is 0 Å². The van der Waals surface area contributed by atoms with Gasteiger partial charge in [0.2, 0.25) is 0 Å². The summed E-state index contributed by atoms with van der Waals surface area (Å²) in [6.07, 6.45) is 0.720. The second kappa shape index (κ2) is 7.70. The van der Waals surface area contributed by atoms with Crippen LogP contribution in [0.4, 0.5) is 10.5 Å². The van der Waals surface area contributed by atoms with Gasteiger partial charge in [-0.25, -0.2) is 4.79 Å². The maximum Gasteiger partial charge on any atom is 0.321 e. The van der Waals surface area contributed by atoms with Gasteiger partial charge >= 0.3 is 6.03 Å². The van der Waals surface area contributed by atoms with E-state index >= 15 is 0 Å². The zero-order chi connectivity index (χ0) is 15.1. The van der Waals surface area contributed by atoms with Crippen molar-refractivity contribution in [1.29, 1.82) is 0 Å². The second-order valence-electron chi connectivity index (χ2n) is 4.65. The topological polar surface area (TPSA) is 32.3 Å². The lowest BCUT2D eigenvalue weighted by Gasteiger charge is -2.21. The lowest BCUT2D eigenvalue weighted by Crippen LogP contribution is -2.40. The number of halogens is 1. The highest BCUT2D eigenvalue weighted by Gasteiger charge is 2.12. The Hall–Kier alpha value is -2.00. The summed E-state index contributed by atoms with van der Waals surface area (Å²) in [5.41, 5.74) is 1.94. The summed E-state index contributed by atoms with van der Waals surface area (Å²) < 4.78 is 0. The number of rotatable bonds is 5. The molecule has 0 bridgehead atoms. The van der Waals surface area contributed by atoms with Crippen LogP contribution in [0, 0.1) is 0 Å². The van der Waals surface area contributed by atoms with Gasteiger partial charge in [0, 0.05) is 23.8 Å². The third kappa shape index (κ3) is 4.23. The van der Waals surface area contributed by atoms with Crippen LogP contribution in [0.3, 0.4) is 0 Å². The van der Waals surface area contributed by atoms with Crippen LogP contribution < -0.4 is 10.2 Å². The first-order chi connectivity index (χ1) is 10.2. The number of hydrogen-bond acceptors (Lipinski definition) is 1. The van der Waals surface area contributed by atoms with Crippen LogP contribution in [0.15, 0.2) is 54.6 Å². The lowest BCUT2D eigenvalue weighted by atomic mass is 10.1. The molecule has 0 atom stereocenters. The number of urea groups is 1. The quantitative estimate of drug-likeness (QED) is 0.885. The molecule has 0 aliphatic carbocycles. The van der Waals surface area contributed by atoms with E-state index in [9.17, 15) is 4.79 Å². The van der Waals surface area contributed by atoms with Crippen LogP contribution in [0.1, 0.15) is 12.5 Å². The standard InChI is InChI=1S/C17H19ClN2O/c1-2-20(15-9-4-3-5-10-15)17(21)19-13-12-14-8-6-7-11-16(14)18/h3-11H,2,12-13H2,1H3,(H,19,21). The minimum absolute atomic E-state index is 0.0873.